The minimum atomic E-state index is -0.414. The predicted octanol–water partition coefficient (Wildman–Crippen LogP) is 2.41. The van der Waals surface area contributed by atoms with Crippen molar-refractivity contribution in [2.45, 2.75) is 19.1 Å². The van der Waals surface area contributed by atoms with Gasteiger partial charge < -0.3 is 20.9 Å². The molecule has 5 nitrogen and oxygen atoms in total. The lowest BCUT2D eigenvalue weighted by Gasteiger charge is -2.13. The summed E-state index contributed by atoms with van der Waals surface area (Å²) in [6.07, 6.45) is 0.134. The molecule has 5 heteroatoms. The summed E-state index contributed by atoms with van der Waals surface area (Å²) in [6.45, 7) is 0.417. The summed E-state index contributed by atoms with van der Waals surface area (Å²) >= 11 is 0. The van der Waals surface area contributed by atoms with Crippen molar-refractivity contribution in [2.24, 2.45) is 5.73 Å². The zero-order chi connectivity index (χ0) is 15.9. The third-order valence-electron chi connectivity index (χ3n) is 3.26. The number of carbonyl (C=O) groups is 1. The first-order valence-electron chi connectivity index (χ1n) is 6.98. The molecule has 0 saturated heterocycles. The van der Waals surface area contributed by atoms with E-state index in [1.165, 1.54) is 7.11 Å². The van der Waals surface area contributed by atoms with Crippen LogP contribution in [0.15, 0.2) is 48.5 Å². The van der Waals surface area contributed by atoms with Gasteiger partial charge in [0.15, 0.2) is 0 Å². The molecule has 2 aromatic carbocycles. The van der Waals surface area contributed by atoms with Crippen molar-refractivity contribution in [1.29, 1.82) is 0 Å². The third-order valence-corrected chi connectivity index (χ3v) is 3.26. The first-order valence-corrected chi connectivity index (χ1v) is 6.98. The Morgan fingerprint density at radius 2 is 1.95 bits per heavy atom. The van der Waals surface area contributed by atoms with Crippen molar-refractivity contribution in [2.75, 3.05) is 12.8 Å². The maximum atomic E-state index is 11.3. The number of hydrogen-bond acceptors (Lipinski definition) is 5. The van der Waals surface area contributed by atoms with Gasteiger partial charge in [-0.1, -0.05) is 24.3 Å². The number of nitrogen functional groups attached to an aromatic ring is 1. The quantitative estimate of drug-likeness (QED) is 0.632. The molecule has 0 spiro atoms. The summed E-state index contributed by atoms with van der Waals surface area (Å²) in [7, 11) is 1.35. The van der Waals surface area contributed by atoms with Crippen molar-refractivity contribution in [1.82, 2.24) is 0 Å². The standard InChI is InChI=1S/C17H20N2O3/c1-21-17(20)10-16(19)13-5-3-7-15(9-13)22-11-12-4-2-6-14(18)8-12/h2-9,16H,10-11,18-19H2,1H3. The van der Waals surface area contributed by atoms with Crippen LogP contribution in [0.1, 0.15) is 23.6 Å². The van der Waals surface area contributed by atoms with Crippen LogP contribution < -0.4 is 16.2 Å². The Morgan fingerprint density at radius 1 is 1.18 bits per heavy atom. The fraction of sp³-hybridized carbons (Fsp3) is 0.235. The van der Waals surface area contributed by atoms with E-state index in [9.17, 15) is 4.79 Å². The lowest BCUT2D eigenvalue weighted by atomic mass is 10.0. The molecule has 0 aliphatic heterocycles. The van der Waals surface area contributed by atoms with Crippen molar-refractivity contribution in [3.8, 4) is 5.75 Å². The smallest absolute Gasteiger partial charge is 0.307 e. The molecule has 116 valence electrons. The van der Waals surface area contributed by atoms with E-state index in [1.54, 1.807) is 0 Å². The summed E-state index contributed by atoms with van der Waals surface area (Å²) in [4.78, 5) is 11.3. The number of nitrogens with two attached hydrogens (primary N) is 2. The summed E-state index contributed by atoms with van der Waals surface area (Å²) in [5.74, 6) is 0.360. The van der Waals surface area contributed by atoms with Crippen LogP contribution in [0.4, 0.5) is 5.69 Å². The highest BCUT2D eigenvalue weighted by molar-refractivity contribution is 5.70. The second kappa shape index (κ2) is 7.47. The topological polar surface area (TPSA) is 87.6 Å². The Balaban J connectivity index is 2.00. The molecular formula is C17H20N2O3. The molecule has 0 heterocycles. The Labute approximate surface area is 129 Å². The highest BCUT2D eigenvalue weighted by Crippen LogP contribution is 2.21. The Kier molecular flexibility index (Phi) is 5.38. The van der Waals surface area contributed by atoms with E-state index in [2.05, 4.69) is 4.74 Å². The Morgan fingerprint density at radius 3 is 2.68 bits per heavy atom. The number of rotatable bonds is 6. The number of anilines is 1. The zero-order valence-electron chi connectivity index (χ0n) is 12.5. The average molecular weight is 300 g/mol. The molecule has 4 N–H and O–H groups in total. The fourth-order valence-electron chi connectivity index (χ4n) is 2.07. The van der Waals surface area contributed by atoms with Crippen molar-refractivity contribution in [3.63, 3.8) is 0 Å². The van der Waals surface area contributed by atoms with E-state index in [4.69, 9.17) is 16.2 Å². The lowest BCUT2D eigenvalue weighted by Crippen LogP contribution is -2.16. The van der Waals surface area contributed by atoms with Crippen LogP contribution >= 0.6 is 0 Å². The summed E-state index contributed by atoms with van der Waals surface area (Å²) < 4.78 is 10.4. The van der Waals surface area contributed by atoms with Gasteiger partial charge in [0.1, 0.15) is 12.4 Å². The number of ether oxygens (including phenoxy) is 2. The van der Waals surface area contributed by atoms with Crippen LogP contribution in [-0.4, -0.2) is 13.1 Å². The Hall–Kier alpha value is -2.53. The van der Waals surface area contributed by atoms with Gasteiger partial charge >= 0.3 is 5.97 Å². The molecule has 1 atom stereocenters. The fourth-order valence-corrected chi connectivity index (χ4v) is 2.07. The van der Waals surface area contributed by atoms with Gasteiger partial charge in [-0.25, -0.2) is 0 Å². The van der Waals surface area contributed by atoms with E-state index in [0.717, 1.165) is 11.1 Å². The summed E-state index contributed by atoms with van der Waals surface area (Å²) in [5, 5.41) is 0. The van der Waals surface area contributed by atoms with E-state index in [0.29, 0.717) is 18.0 Å². The van der Waals surface area contributed by atoms with Crippen LogP contribution in [0.5, 0.6) is 5.75 Å². The van der Waals surface area contributed by atoms with Crippen LogP contribution in [0, 0.1) is 0 Å². The maximum absolute atomic E-state index is 11.3. The molecule has 1 unspecified atom stereocenters. The number of hydrogen-bond donors (Lipinski definition) is 2. The first-order chi connectivity index (χ1) is 10.6. The molecular weight excluding hydrogens is 280 g/mol. The molecule has 0 aliphatic rings. The number of benzene rings is 2. The number of methoxy groups -OCH3 is 1. The molecule has 0 fully saturated rings. The number of esters is 1. The minimum absolute atomic E-state index is 0.134. The van der Waals surface area contributed by atoms with Crippen molar-refractivity contribution >= 4 is 11.7 Å². The van der Waals surface area contributed by atoms with Gasteiger partial charge in [0.05, 0.1) is 13.5 Å². The van der Waals surface area contributed by atoms with Crippen molar-refractivity contribution < 1.29 is 14.3 Å². The lowest BCUT2D eigenvalue weighted by molar-refractivity contribution is -0.141. The molecule has 22 heavy (non-hydrogen) atoms. The van der Waals surface area contributed by atoms with Crippen LogP contribution in [0.2, 0.25) is 0 Å². The average Bonchev–Trinajstić information content (AvgIpc) is 2.53. The minimum Gasteiger partial charge on any atom is -0.489 e. The van der Waals surface area contributed by atoms with Gasteiger partial charge in [-0.05, 0) is 35.4 Å². The molecule has 0 bridgehead atoms. The predicted molar refractivity (Wildman–Crippen MR) is 85.2 cm³/mol. The SMILES string of the molecule is COC(=O)CC(N)c1cccc(OCc2cccc(N)c2)c1. The highest BCUT2D eigenvalue weighted by Gasteiger charge is 2.12. The van der Waals surface area contributed by atoms with E-state index >= 15 is 0 Å². The Bertz CT molecular complexity index is 643. The van der Waals surface area contributed by atoms with Crippen LogP contribution in [0.3, 0.4) is 0 Å². The van der Waals surface area contributed by atoms with Gasteiger partial charge in [0, 0.05) is 11.7 Å². The first kappa shape index (κ1) is 15.9. The van der Waals surface area contributed by atoms with E-state index < -0.39 is 6.04 Å². The molecule has 0 aromatic heterocycles. The molecule has 0 aliphatic carbocycles. The van der Waals surface area contributed by atoms with Crippen molar-refractivity contribution in [3.05, 3.63) is 59.7 Å². The van der Waals surface area contributed by atoms with Crippen LogP contribution in [-0.2, 0) is 16.1 Å². The second-order valence-corrected chi connectivity index (χ2v) is 4.99. The van der Waals surface area contributed by atoms with Gasteiger partial charge in [0.25, 0.3) is 0 Å². The monoisotopic (exact) mass is 300 g/mol. The number of carbonyl (C=O) groups excluding carboxylic acids is 1. The van der Waals surface area contributed by atoms with Gasteiger partial charge in [-0.15, -0.1) is 0 Å². The maximum Gasteiger partial charge on any atom is 0.307 e. The third kappa shape index (κ3) is 4.49. The zero-order valence-corrected chi connectivity index (χ0v) is 12.5. The highest BCUT2D eigenvalue weighted by atomic mass is 16.5. The molecule has 0 amide bonds. The molecule has 0 radical (unpaired) electrons. The normalized spacial score (nSPS) is 11.7. The van der Waals surface area contributed by atoms with E-state index in [-0.39, 0.29) is 12.4 Å². The van der Waals surface area contributed by atoms with E-state index in [1.807, 2.05) is 48.5 Å². The van der Waals surface area contributed by atoms with Gasteiger partial charge in [0.2, 0.25) is 0 Å². The summed E-state index contributed by atoms with van der Waals surface area (Å²) in [5.41, 5.74) is 14.3. The van der Waals surface area contributed by atoms with Gasteiger partial charge in [-0.3, -0.25) is 4.79 Å². The summed E-state index contributed by atoms with van der Waals surface area (Å²) in [6, 6.07) is 14.5. The largest absolute Gasteiger partial charge is 0.489 e. The molecule has 0 saturated carbocycles. The van der Waals surface area contributed by atoms with Gasteiger partial charge in [-0.2, -0.15) is 0 Å². The second-order valence-electron chi connectivity index (χ2n) is 4.99. The molecule has 2 aromatic rings. The molecule has 2 rings (SSSR count). The van der Waals surface area contributed by atoms with Crippen LogP contribution in [0.25, 0.3) is 0 Å².